The molecular weight excluding hydrogens is 480 g/mol. The van der Waals surface area contributed by atoms with Crippen LogP contribution in [0.2, 0.25) is 10.0 Å². The predicted octanol–water partition coefficient (Wildman–Crippen LogP) is 5.99. The molecule has 146 valence electrons. The Labute approximate surface area is 185 Å². The lowest BCUT2D eigenvalue weighted by Gasteiger charge is -2.21. The van der Waals surface area contributed by atoms with Crippen LogP contribution in [0.1, 0.15) is 38.8 Å². The molecule has 0 aliphatic heterocycles. The average molecular weight is 493 g/mol. The van der Waals surface area contributed by atoms with Crippen LogP contribution >= 0.6 is 39.1 Å². The number of nitriles is 1. The number of rotatable bonds is 4. The van der Waals surface area contributed by atoms with E-state index < -0.39 is 17.8 Å². The van der Waals surface area contributed by atoms with Crippen molar-refractivity contribution in [3.05, 3.63) is 96.9 Å². The van der Waals surface area contributed by atoms with Crippen molar-refractivity contribution in [2.24, 2.45) is 0 Å². The first-order valence-electron chi connectivity index (χ1n) is 8.37. The van der Waals surface area contributed by atoms with E-state index in [2.05, 4.69) is 26.2 Å². The summed E-state index contributed by atoms with van der Waals surface area (Å²) < 4.78 is 14.7. The highest BCUT2D eigenvalue weighted by Crippen LogP contribution is 2.30. The third kappa shape index (κ3) is 4.76. The number of carbonyl (C=O) groups is 1. The number of aryl methyl sites for hydroxylation is 1. The van der Waals surface area contributed by atoms with E-state index in [0.717, 1.165) is 16.1 Å². The van der Waals surface area contributed by atoms with Gasteiger partial charge in [0.1, 0.15) is 11.9 Å². The average Bonchev–Trinajstić information content (AvgIpc) is 2.68. The third-order valence-corrected chi connectivity index (χ3v) is 5.44. The van der Waals surface area contributed by atoms with Crippen LogP contribution in [-0.2, 0) is 0 Å². The van der Waals surface area contributed by atoms with Gasteiger partial charge in [-0.2, -0.15) is 5.26 Å². The molecule has 0 aliphatic carbocycles. The first kappa shape index (κ1) is 21.3. The summed E-state index contributed by atoms with van der Waals surface area (Å²) in [6, 6.07) is 11.7. The minimum absolute atomic E-state index is 0.0846. The Bertz CT molecular complexity index is 1150. The highest BCUT2D eigenvalue weighted by Gasteiger charge is 2.22. The first-order chi connectivity index (χ1) is 13.8. The van der Waals surface area contributed by atoms with Gasteiger partial charge < -0.3 is 5.32 Å². The molecule has 3 aromatic rings. The molecule has 0 spiro atoms. The zero-order valence-corrected chi connectivity index (χ0v) is 18.1. The summed E-state index contributed by atoms with van der Waals surface area (Å²) in [4.78, 5) is 17.3. The number of pyridine rings is 1. The van der Waals surface area contributed by atoms with Crippen molar-refractivity contribution in [2.45, 2.75) is 13.0 Å². The van der Waals surface area contributed by atoms with Gasteiger partial charge in [-0.25, -0.2) is 4.39 Å². The van der Waals surface area contributed by atoms with Crippen molar-refractivity contribution in [2.75, 3.05) is 0 Å². The number of amides is 1. The van der Waals surface area contributed by atoms with E-state index in [0.29, 0.717) is 21.3 Å². The zero-order chi connectivity index (χ0) is 21.1. The fourth-order valence-electron chi connectivity index (χ4n) is 2.82. The summed E-state index contributed by atoms with van der Waals surface area (Å²) in [5.74, 6) is -1.28. The smallest absolute Gasteiger partial charge is 0.252 e. The van der Waals surface area contributed by atoms with E-state index in [1.165, 1.54) is 12.1 Å². The van der Waals surface area contributed by atoms with E-state index in [9.17, 15) is 9.18 Å². The van der Waals surface area contributed by atoms with Crippen LogP contribution in [0.3, 0.4) is 0 Å². The molecule has 1 unspecified atom stereocenters. The molecule has 4 nitrogen and oxygen atoms in total. The molecule has 2 aromatic carbocycles. The van der Waals surface area contributed by atoms with Gasteiger partial charge in [-0.3, -0.25) is 9.78 Å². The summed E-state index contributed by atoms with van der Waals surface area (Å²) in [6.07, 6.45) is 1.63. The molecule has 3 rings (SSSR count). The summed E-state index contributed by atoms with van der Waals surface area (Å²) in [5, 5.41) is 12.5. The topological polar surface area (TPSA) is 65.8 Å². The van der Waals surface area contributed by atoms with E-state index in [1.807, 2.05) is 13.0 Å². The summed E-state index contributed by atoms with van der Waals surface area (Å²) in [5.41, 5.74) is 2.06. The molecule has 29 heavy (non-hydrogen) atoms. The lowest BCUT2D eigenvalue weighted by Crippen LogP contribution is -2.30. The van der Waals surface area contributed by atoms with Gasteiger partial charge in [0.25, 0.3) is 5.91 Å². The van der Waals surface area contributed by atoms with E-state index in [-0.39, 0.29) is 11.1 Å². The molecule has 0 saturated carbocycles. The predicted molar refractivity (Wildman–Crippen MR) is 114 cm³/mol. The standard InChI is InChI=1S/C21H13BrCl2FN3O/c1-11-6-15(22)10-27-19(11)20(12-4-5-16(23)17(24)7-12)28-21(29)13-2-3-14(9-26)18(25)8-13/h2-8,10,20H,1H3,(H,28,29). The van der Waals surface area contributed by atoms with Gasteiger partial charge in [-0.05, 0) is 70.4 Å². The van der Waals surface area contributed by atoms with Crippen LogP contribution in [-0.4, -0.2) is 10.9 Å². The number of hydrogen-bond acceptors (Lipinski definition) is 3. The van der Waals surface area contributed by atoms with Crippen molar-refractivity contribution in [1.29, 1.82) is 5.26 Å². The summed E-state index contributed by atoms with van der Waals surface area (Å²) in [6.45, 7) is 1.87. The number of nitrogens with one attached hydrogen (secondary N) is 1. The normalized spacial score (nSPS) is 11.6. The van der Waals surface area contributed by atoms with Gasteiger partial charge in [0.15, 0.2) is 0 Å². The van der Waals surface area contributed by atoms with E-state index >= 15 is 0 Å². The number of benzene rings is 2. The first-order valence-corrected chi connectivity index (χ1v) is 9.92. The maximum atomic E-state index is 13.9. The Balaban J connectivity index is 2.03. The molecule has 8 heteroatoms. The number of aromatic nitrogens is 1. The molecule has 0 aliphatic rings. The second-order valence-electron chi connectivity index (χ2n) is 6.24. The van der Waals surface area contributed by atoms with Crippen LogP contribution in [0.25, 0.3) is 0 Å². The molecule has 0 saturated heterocycles. The Morgan fingerprint density at radius 2 is 1.97 bits per heavy atom. The fourth-order valence-corrected chi connectivity index (χ4v) is 3.57. The van der Waals surface area contributed by atoms with Gasteiger partial charge in [0.05, 0.1) is 27.3 Å². The second-order valence-corrected chi connectivity index (χ2v) is 7.97. The molecule has 1 amide bonds. The molecule has 1 N–H and O–H groups in total. The molecule has 1 atom stereocenters. The third-order valence-electron chi connectivity index (χ3n) is 4.26. The summed E-state index contributed by atoms with van der Waals surface area (Å²) in [7, 11) is 0. The van der Waals surface area contributed by atoms with Crippen molar-refractivity contribution < 1.29 is 9.18 Å². The Morgan fingerprint density at radius 3 is 2.59 bits per heavy atom. The zero-order valence-electron chi connectivity index (χ0n) is 15.0. The van der Waals surface area contributed by atoms with Gasteiger partial charge >= 0.3 is 0 Å². The number of hydrogen-bond donors (Lipinski definition) is 1. The Morgan fingerprint density at radius 1 is 1.21 bits per heavy atom. The second kappa shape index (κ2) is 8.91. The van der Waals surface area contributed by atoms with Gasteiger partial charge in [0, 0.05) is 16.2 Å². The highest BCUT2D eigenvalue weighted by molar-refractivity contribution is 9.10. The fraction of sp³-hybridized carbons (Fsp3) is 0.0952. The van der Waals surface area contributed by atoms with Gasteiger partial charge in [-0.1, -0.05) is 29.3 Å². The molecular formula is C21H13BrCl2FN3O. The van der Waals surface area contributed by atoms with Crippen LogP contribution in [0.5, 0.6) is 0 Å². The van der Waals surface area contributed by atoms with Crippen LogP contribution < -0.4 is 5.32 Å². The van der Waals surface area contributed by atoms with Gasteiger partial charge in [0.2, 0.25) is 0 Å². The van der Waals surface area contributed by atoms with Crippen molar-refractivity contribution in [3.63, 3.8) is 0 Å². The maximum Gasteiger partial charge on any atom is 0.252 e. The number of nitrogens with zero attached hydrogens (tertiary/aromatic N) is 2. The minimum Gasteiger partial charge on any atom is -0.340 e. The van der Waals surface area contributed by atoms with Crippen molar-refractivity contribution >= 4 is 45.0 Å². The molecule has 0 radical (unpaired) electrons. The maximum absolute atomic E-state index is 13.9. The lowest BCUT2D eigenvalue weighted by atomic mass is 9.99. The molecule has 1 aromatic heterocycles. The largest absolute Gasteiger partial charge is 0.340 e. The minimum atomic E-state index is -0.760. The highest BCUT2D eigenvalue weighted by atomic mass is 79.9. The van der Waals surface area contributed by atoms with Crippen LogP contribution in [0, 0.1) is 24.1 Å². The lowest BCUT2D eigenvalue weighted by molar-refractivity contribution is 0.0941. The SMILES string of the molecule is Cc1cc(Br)cnc1C(NC(=O)c1ccc(C#N)c(F)c1)c1ccc(Cl)c(Cl)c1. The molecule has 0 bridgehead atoms. The number of halogens is 4. The monoisotopic (exact) mass is 491 g/mol. The Hall–Kier alpha value is -2.46. The van der Waals surface area contributed by atoms with Gasteiger partial charge in [-0.15, -0.1) is 0 Å². The number of carbonyl (C=O) groups excluding carboxylic acids is 1. The molecule has 1 heterocycles. The van der Waals surface area contributed by atoms with Crippen molar-refractivity contribution in [1.82, 2.24) is 10.3 Å². The quantitative estimate of drug-likeness (QED) is 0.486. The molecule has 0 fully saturated rings. The van der Waals surface area contributed by atoms with E-state index in [1.54, 1.807) is 30.5 Å². The van der Waals surface area contributed by atoms with Crippen LogP contribution in [0.15, 0.2) is 53.1 Å². The Kier molecular flexibility index (Phi) is 6.53. The summed E-state index contributed by atoms with van der Waals surface area (Å²) >= 11 is 15.6. The van der Waals surface area contributed by atoms with Crippen LogP contribution in [0.4, 0.5) is 4.39 Å². The van der Waals surface area contributed by atoms with Crippen molar-refractivity contribution in [3.8, 4) is 6.07 Å². The van der Waals surface area contributed by atoms with E-state index in [4.69, 9.17) is 28.5 Å².